The molecule has 4 fully saturated rings. The normalized spacial score (nSPS) is 61.5. The summed E-state index contributed by atoms with van der Waals surface area (Å²) >= 11 is 0. The molecule has 4 heterocycles. The van der Waals surface area contributed by atoms with Gasteiger partial charge in [0, 0.05) is 6.42 Å². The quantitative estimate of drug-likeness (QED) is 0.528. The summed E-state index contributed by atoms with van der Waals surface area (Å²) in [5, 5.41) is 19.6. The Labute approximate surface area is 81.6 Å². The molecule has 0 saturated carbocycles. The van der Waals surface area contributed by atoms with Gasteiger partial charge in [-0.25, -0.2) is 0 Å². The Balaban J connectivity index is 1.99. The van der Waals surface area contributed by atoms with Gasteiger partial charge in [0.1, 0.15) is 24.4 Å². The average molecular weight is 202 g/mol. The highest BCUT2D eigenvalue weighted by molar-refractivity contribution is 5.01. The van der Waals surface area contributed by atoms with Crippen molar-refractivity contribution >= 4 is 0 Å². The fraction of sp³-hybridized carbons (Fsp3) is 1.00. The van der Waals surface area contributed by atoms with Gasteiger partial charge in [0.25, 0.3) is 0 Å². The van der Waals surface area contributed by atoms with Gasteiger partial charge in [0.05, 0.1) is 12.7 Å². The number of ether oxygens (including phenoxy) is 3. The van der Waals surface area contributed by atoms with Crippen molar-refractivity contribution in [2.45, 2.75) is 49.7 Å². The van der Waals surface area contributed by atoms with Crippen molar-refractivity contribution in [2.24, 2.45) is 0 Å². The zero-order valence-corrected chi connectivity index (χ0v) is 7.92. The van der Waals surface area contributed by atoms with Crippen molar-refractivity contribution in [1.29, 1.82) is 0 Å². The lowest BCUT2D eigenvalue weighted by Gasteiger charge is -2.47. The van der Waals surface area contributed by atoms with Crippen molar-refractivity contribution in [3.63, 3.8) is 0 Å². The molecule has 4 aliphatic heterocycles. The monoisotopic (exact) mass is 202 g/mol. The first-order chi connectivity index (χ1) is 6.59. The molecular weight excluding hydrogens is 188 g/mol. The lowest BCUT2D eigenvalue weighted by molar-refractivity contribution is -0.320. The van der Waals surface area contributed by atoms with Crippen LogP contribution in [0.3, 0.4) is 0 Å². The molecule has 4 aliphatic rings. The molecule has 4 saturated heterocycles. The molecule has 0 aromatic rings. The Bertz CT molecular complexity index is 258. The topological polar surface area (TPSA) is 68.2 Å². The molecule has 4 bridgehead atoms. The zero-order valence-electron chi connectivity index (χ0n) is 7.92. The number of hydrogen-bond donors (Lipinski definition) is 2. The summed E-state index contributed by atoms with van der Waals surface area (Å²) in [5.41, 5.74) is 0. The summed E-state index contributed by atoms with van der Waals surface area (Å²) in [6.07, 6.45) is -2.21. The van der Waals surface area contributed by atoms with E-state index in [0.717, 1.165) is 0 Å². The Kier molecular flexibility index (Phi) is 1.73. The highest BCUT2D eigenvalue weighted by Crippen LogP contribution is 2.41. The highest BCUT2D eigenvalue weighted by atomic mass is 16.7. The number of aliphatic hydroxyl groups excluding tert-OH is 2. The summed E-state index contributed by atoms with van der Waals surface area (Å²) in [6.45, 7) is 2.15. The molecule has 1 unspecified atom stereocenters. The Morgan fingerprint density at radius 3 is 2.71 bits per heavy atom. The van der Waals surface area contributed by atoms with Crippen molar-refractivity contribution in [3.05, 3.63) is 0 Å². The van der Waals surface area contributed by atoms with Crippen molar-refractivity contribution in [2.75, 3.05) is 6.61 Å². The second kappa shape index (κ2) is 2.68. The van der Waals surface area contributed by atoms with Crippen molar-refractivity contribution in [1.82, 2.24) is 0 Å². The maximum absolute atomic E-state index is 9.80. The molecule has 6 atom stereocenters. The third kappa shape index (κ3) is 1.07. The molecule has 0 amide bonds. The van der Waals surface area contributed by atoms with Crippen LogP contribution in [0.5, 0.6) is 0 Å². The minimum Gasteiger partial charge on any atom is -0.388 e. The van der Waals surface area contributed by atoms with Gasteiger partial charge in [-0.05, 0) is 6.92 Å². The molecule has 0 aromatic carbocycles. The van der Waals surface area contributed by atoms with Crippen LogP contribution in [-0.4, -0.2) is 53.1 Å². The number of rotatable bonds is 0. The van der Waals surface area contributed by atoms with E-state index in [2.05, 4.69) is 0 Å². The van der Waals surface area contributed by atoms with Crippen LogP contribution < -0.4 is 0 Å². The van der Waals surface area contributed by atoms with E-state index in [1.54, 1.807) is 0 Å². The first-order valence-corrected chi connectivity index (χ1v) is 4.92. The fourth-order valence-corrected chi connectivity index (χ4v) is 2.51. The first kappa shape index (κ1) is 9.06. The van der Waals surface area contributed by atoms with Crippen LogP contribution in [0.4, 0.5) is 0 Å². The molecule has 0 spiro atoms. The lowest BCUT2D eigenvalue weighted by Crippen LogP contribution is -2.63. The second-order valence-electron chi connectivity index (χ2n) is 4.43. The third-order valence-corrected chi connectivity index (χ3v) is 3.29. The molecule has 80 valence electrons. The van der Waals surface area contributed by atoms with Crippen LogP contribution in [0.15, 0.2) is 0 Å². The van der Waals surface area contributed by atoms with Crippen molar-refractivity contribution < 1.29 is 24.4 Å². The Morgan fingerprint density at radius 1 is 1.21 bits per heavy atom. The van der Waals surface area contributed by atoms with Gasteiger partial charge < -0.3 is 24.4 Å². The zero-order chi connectivity index (χ0) is 9.92. The average Bonchev–Trinajstić information content (AvgIpc) is 2.33. The predicted molar refractivity (Wildman–Crippen MR) is 44.5 cm³/mol. The van der Waals surface area contributed by atoms with Crippen LogP contribution in [0.1, 0.15) is 13.3 Å². The molecule has 0 radical (unpaired) electrons. The molecule has 0 aliphatic carbocycles. The van der Waals surface area contributed by atoms with E-state index in [1.807, 2.05) is 6.92 Å². The number of hydrogen-bond acceptors (Lipinski definition) is 5. The van der Waals surface area contributed by atoms with E-state index in [9.17, 15) is 10.2 Å². The smallest absolute Gasteiger partial charge is 0.168 e. The maximum Gasteiger partial charge on any atom is 0.168 e. The van der Waals surface area contributed by atoms with E-state index < -0.39 is 24.1 Å². The summed E-state index contributed by atoms with van der Waals surface area (Å²) in [6, 6.07) is 0. The molecule has 0 aromatic heterocycles. The van der Waals surface area contributed by atoms with E-state index in [-0.39, 0.29) is 12.2 Å². The van der Waals surface area contributed by atoms with Gasteiger partial charge >= 0.3 is 0 Å². The maximum atomic E-state index is 9.80. The summed E-state index contributed by atoms with van der Waals surface area (Å²) in [4.78, 5) is 0. The molecule has 5 heteroatoms. The molecular formula is C9H14O5. The molecule has 14 heavy (non-hydrogen) atoms. The molecule has 4 rings (SSSR count). The highest BCUT2D eigenvalue weighted by Gasteiger charge is 2.57. The summed E-state index contributed by atoms with van der Waals surface area (Å²) in [7, 11) is 0. The van der Waals surface area contributed by atoms with Crippen LogP contribution in [0.25, 0.3) is 0 Å². The lowest BCUT2D eigenvalue weighted by atomic mass is 9.89. The van der Waals surface area contributed by atoms with Gasteiger partial charge in [-0.15, -0.1) is 0 Å². The minimum atomic E-state index is -0.789. The standard InChI is InChI=1S/C9H14O5/c1-9-2-4-6(10)8(14-9)7(11)5(13-4)3-12-9/h4-8,10-11H,2-3H2,1H3/t4-,5+,6-,7+,8+,9?/m0/s1. The number of fused-ring (bicyclic) bond motifs is 1. The largest absolute Gasteiger partial charge is 0.388 e. The van der Waals surface area contributed by atoms with Gasteiger partial charge in [-0.2, -0.15) is 0 Å². The van der Waals surface area contributed by atoms with E-state index in [1.165, 1.54) is 0 Å². The molecule has 5 nitrogen and oxygen atoms in total. The van der Waals surface area contributed by atoms with E-state index >= 15 is 0 Å². The second-order valence-corrected chi connectivity index (χ2v) is 4.43. The SMILES string of the molecule is CC12C[C@@H]3O[C@H](CO1)[C@@H](O)[C@H](O2)[C@H]3O. The minimum absolute atomic E-state index is 0.269. The van der Waals surface area contributed by atoms with E-state index in [4.69, 9.17) is 14.2 Å². The third-order valence-electron chi connectivity index (χ3n) is 3.29. The molecule has 2 N–H and O–H groups in total. The van der Waals surface area contributed by atoms with E-state index in [0.29, 0.717) is 13.0 Å². The van der Waals surface area contributed by atoms with Crippen molar-refractivity contribution in [3.8, 4) is 0 Å². The predicted octanol–water partition coefficient (Wildman–Crippen LogP) is -0.989. The van der Waals surface area contributed by atoms with Crippen LogP contribution in [0.2, 0.25) is 0 Å². The first-order valence-electron chi connectivity index (χ1n) is 4.92. The van der Waals surface area contributed by atoms with Crippen LogP contribution in [0, 0.1) is 0 Å². The Morgan fingerprint density at radius 2 is 1.93 bits per heavy atom. The van der Waals surface area contributed by atoms with Gasteiger partial charge in [0.15, 0.2) is 5.79 Å². The number of aliphatic hydroxyl groups is 2. The summed E-state index contributed by atoms with van der Waals surface area (Å²) < 4.78 is 16.6. The fourth-order valence-electron chi connectivity index (χ4n) is 2.51. The summed E-state index contributed by atoms with van der Waals surface area (Å²) in [5.74, 6) is -0.708. The van der Waals surface area contributed by atoms with Gasteiger partial charge in [-0.3, -0.25) is 0 Å². The Hall–Kier alpha value is -0.200. The van der Waals surface area contributed by atoms with Gasteiger partial charge in [-0.1, -0.05) is 0 Å². The van der Waals surface area contributed by atoms with Gasteiger partial charge in [0.2, 0.25) is 0 Å². The van der Waals surface area contributed by atoms with Crippen LogP contribution in [-0.2, 0) is 14.2 Å². The van der Waals surface area contributed by atoms with Crippen LogP contribution >= 0.6 is 0 Å².